The highest BCUT2D eigenvalue weighted by Gasteiger charge is 2.49. The molecule has 2 heterocycles. The number of hydrogen-bond acceptors (Lipinski definition) is 3. The summed E-state index contributed by atoms with van der Waals surface area (Å²) < 4.78 is 5.72. The predicted octanol–water partition coefficient (Wildman–Crippen LogP) is 3.81. The van der Waals surface area contributed by atoms with Crippen LogP contribution in [0.1, 0.15) is 50.2 Å². The SMILES string of the molecule is CCOC1CC2(CCN(C(=O)NCC3CCN(Cc4ccc(C)cc4)CC3)C2)C1. The van der Waals surface area contributed by atoms with Crippen LogP contribution in [0, 0.1) is 18.3 Å². The zero-order valence-corrected chi connectivity index (χ0v) is 18.2. The molecule has 2 amide bonds. The summed E-state index contributed by atoms with van der Waals surface area (Å²) in [6.07, 6.45) is 6.17. The summed E-state index contributed by atoms with van der Waals surface area (Å²) in [4.78, 5) is 17.2. The summed E-state index contributed by atoms with van der Waals surface area (Å²) in [7, 11) is 0. The fraction of sp³-hybridized carbons (Fsp3) is 0.708. The number of benzene rings is 1. The van der Waals surface area contributed by atoms with Gasteiger partial charge in [0.25, 0.3) is 0 Å². The van der Waals surface area contributed by atoms with Crippen LogP contribution in [-0.2, 0) is 11.3 Å². The molecule has 1 aromatic rings. The van der Waals surface area contributed by atoms with E-state index in [1.54, 1.807) is 0 Å². The minimum absolute atomic E-state index is 0.142. The molecule has 0 atom stereocenters. The van der Waals surface area contributed by atoms with Crippen LogP contribution in [0.15, 0.2) is 24.3 Å². The largest absolute Gasteiger partial charge is 0.378 e. The maximum atomic E-state index is 12.6. The lowest BCUT2D eigenvalue weighted by atomic mass is 9.66. The van der Waals surface area contributed by atoms with Gasteiger partial charge in [-0.05, 0) is 75.9 Å². The van der Waals surface area contributed by atoms with E-state index in [9.17, 15) is 4.79 Å². The van der Waals surface area contributed by atoms with E-state index in [0.29, 0.717) is 17.4 Å². The molecule has 3 aliphatic rings. The molecule has 0 bridgehead atoms. The van der Waals surface area contributed by atoms with E-state index in [4.69, 9.17) is 4.74 Å². The van der Waals surface area contributed by atoms with Crippen molar-refractivity contribution in [2.24, 2.45) is 11.3 Å². The Labute approximate surface area is 175 Å². The van der Waals surface area contributed by atoms with E-state index >= 15 is 0 Å². The molecule has 4 rings (SSSR count). The van der Waals surface area contributed by atoms with Crippen LogP contribution in [-0.4, -0.2) is 61.3 Å². The normalized spacial score (nSPS) is 27.9. The maximum Gasteiger partial charge on any atom is 0.317 e. The first kappa shape index (κ1) is 20.7. The Balaban J connectivity index is 1.14. The molecule has 29 heavy (non-hydrogen) atoms. The molecule has 1 aromatic carbocycles. The van der Waals surface area contributed by atoms with Gasteiger partial charge in [0.1, 0.15) is 0 Å². The number of nitrogens with one attached hydrogen (secondary N) is 1. The van der Waals surface area contributed by atoms with Crippen LogP contribution in [0.3, 0.4) is 0 Å². The van der Waals surface area contributed by atoms with Crippen molar-refractivity contribution in [3.05, 3.63) is 35.4 Å². The first-order chi connectivity index (χ1) is 14.0. The fourth-order valence-corrected chi connectivity index (χ4v) is 5.35. The molecular formula is C24H37N3O2. The van der Waals surface area contributed by atoms with E-state index in [1.807, 2.05) is 4.90 Å². The third-order valence-corrected chi connectivity index (χ3v) is 7.23. The number of rotatable bonds is 6. The minimum atomic E-state index is 0.142. The number of piperidine rings is 1. The Hall–Kier alpha value is -1.59. The number of carbonyl (C=O) groups is 1. The summed E-state index contributed by atoms with van der Waals surface area (Å²) in [5.74, 6) is 0.607. The molecule has 160 valence electrons. The number of aryl methyl sites for hydroxylation is 1. The van der Waals surface area contributed by atoms with Gasteiger partial charge < -0.3 is 15.0 Å². The molecule has 0 unspecified atom stereocenters. The third-order valence-electron chi connectivity index (χ3n) is 7.23. The minimum Gasteiger partial charge on any atom is -0.378 e. The Morgan fingerprint density at radius 1 is 1.17 bits per heavy atom. The van der Waals surface area contributed by atoms with Crippen molar-refractivity contribution in [2.45, 2.75) is 58.6 Å². The summed E-state index contributed by atoms with van der Waals surface area (Å²) in [5, 5.41) is 3.22. The zero-order valence-electron chi connectivity index (χ0n) is 18.2. The van der Waals surface area contributed by atoms with Crippen LogP contribution < -0.4 is 5.32 Å². The van der Waals surface area contributed by atoms with E-state index in [2.05, 4.69) is 48.3 Å². The van der Waals surface area contributed by atoms with Gasteiger partial charge in [-0.3, -0.25) is 4.90 Å². The molecule has 5 nitrogen and oxygen atoms in total. The predicted molar refractivity (Wildman–Crippen MR) is 116 cm³/mol. The van der Waals surface area contributed by atoms with E-state index in [-0.39, 0.29) is 6.03 Å². The average molecular weight is 400 g/mol. The molecule has 5 heteroatoms. The lowest BCUT2D eigenvalue weighted by molar-refractivity contribution is -0.0704. The highest BCUT2D eigenvalue weighted by atomic mass is 16.5. The number of ether oxygens (including phenoxy) is 1. The molecule has 2 saturated heterocycles. The topological polar surface area (TPSA) is 44.8 Å². The molecular weight excluding hydrogens is 362 g/mol. The Morgan fingerprint density at radius 3 is 2.59 bits per heavy atom. The first-order valence-corrected chi connectivity index (χ1v) is 11.5. The zero-order chi connectivity index (χ0) is 20.3. The van der Waals surface area contributed by atoms with E-state index < -0.39 is 0 Å². The van der Waals surface area contributed by atoms with Crippen LogP contribution in [0.25, 0.3) is 0 Å². The second-order valence-corrected chi connectivity index (χ2v) is 9.55. The number of carbonyl (C=O) groups excluding carboxylic acids is 1. The summed E-state index contributed by atoms with van der Waals surface area (Å²) in [5.41, 5.74) is 3.06. The van der Waals surface area contributed by atoms with Gasteiger partial charge in [-0.1, -0.05) is 29.8 Å². The van der Waals surface area contributed by atoms with Crippen molar-refractivity contribution >= 4 is 6.03 Å². The summed E-state index contributed by atoms with van der Waals surface area (Å²) in [6.45, 7) is 10.9. The average Bonchev–Trinajstić information content (AvgIpc) is 3.15. The third kappa shape index (κ3) is 5.13. The van der Waals surface area contributed by atoms with Gasteiger partial charge in [0.15, 0.2) is 0 Å². The Morgan fingerprint density at radius 2 is 1.90 bits per heavy atom. The Bertz CT molecular complexity index is 676. The summed E-state index contributed by atoms with van der Waals surface area (Å²) >= 11 is 0. The number of amides is 2. The van der Waals surface area contributed by atoms with Gasteiger partial charge in [0.2, 0.25) is 0 Å². The quantitative estimate of drug-likeness (QED) is 0.791. The van der Waals surface area contributed by atoms with Crippen molar-refractivity contribution in [1.29, 1.82) is 0 Å². The molecule has 1 saturated carbocycles. The highest BCUT2D eigenvalue weighted by molar-refractivity contribution is 5.74. The van der Waals surface area contributed by atoms with Gasteiger partial charge in [-0.2, -0.15) is 0 Å². The fourth-order valence-electron chi connectivity index (χ4n) is 5.35. The van der Waals surface area contributed by atoms with Crippen LogP contribution >= 0.6 is 0 Å². The lowest BCUT2D eigenvalue weighted by Gasteiger charge is -2.44. The molecule has 0 radical (unpaired) electrons. The van der Waals surface area contributed by atoms with Crippen molar-refractivity contribution in [3.8, 4) is 0 Å². The lowest BCUT2D eigenvalue weighted by Crippen LogP contribution is -2.47. The smallest absolute Gasteiger partial charge is 0.317 e. The first-order valence-electron chi connectivity index (χ1n) is 11.5. The van der Waals surface area contributed by atoms with Gasteiger partial charge in [0.05, 0.1) is 6.10 Å². The van der Waals surface area contributed by atoms with Gasteiger partial charge in [-0.15, -0.1) is 0 Å². The molecule has 1 spiro atoms. The van der Waals surface area contributed by atoms with Crippen LogP contribution in [0.2, 0.25) is 0 Å². The maximum absolute atomic E-state index is 12.6. The summed E-state index contributed by atoms with van der Waals surface area (Å²) in [6, 6.07) is 9.01. The van der Waals surface area contributed by atoms with Gasteiger partial charge in [-0.25, -0.2) is 4.79 Å². The highest BCUT2D eigenvalue weighted by Crippen LogP contribution is 2.49. The molecule has 1 N–H and O–H groups in total. The second kappa shape index (κ2) is 9.05. The molecule has 1 aliphatic carbocycles. The van der Waals surface area contributed by atoms with Crippen molar-refractivity contribution in [2.75, 3.05) is 39.3 Å². The van der Waals surface area contributed by atoms with Crippen molar-refractivity contribution in [3.63, 3.8) is 0 Å². The van der Waals surface area contributed by atoms with Gasteiger partial charge >= 0.3 is 6.03 Å². The van der Waals surface area contributed by atoms with E-state index in [1.165, 1.54) is 24.0 Å². The monoisotopic (exact) mass is 399 g/mol. The Kier molecular flexibility index (Phi) is 6.45. The number of nitrogens with zero attached hydrogens (tertiary/aromatic N) is 2. The number of urea groups is 1. The molecule has 3 fully saturated rings. The van der Waals surface area contributed by atoms with Crippen molar-refractivity contribution < 1.29 is 9.53 Å². The number of likely N-dealkylation sites (tertiary alicyclic amines) is 2. The molecule has 2 aliphatic heterocycles. The van der Waals surface area contributed by atoms with Crippen LogP contribution in [0.4, 0.5) is 4.79 Å². The molecule has 0 aromatic heterocycles. The van der Waals surface area contributed by atoms with Gasteiger partial charge in [0, 0.05) is 32.8 Å². The number of hydrogen-bond donors (Lipinski definition) is 1. The van der Waals surface area contributed by atoms with Crippen molar-refractivity contribution in [1.82, 2.24) is 15.1 Å². The standard InChI is InChI=1S/C24H37N3O2/c1-3-29-22-14-24(15-22)10-13-27(18-24)23(28)25-16-20-8-11-26(12-9-20)17-21-6-4-19(2)5-7-21/h4-7,20,22H,3,8-18H2,1-2H3,(H,25,28). The second-order valence-electron chi connectivity index (χ2n) is 9.55. The van der Waals surface area contributed by atoms with Crippen LogP contribution in [0.5, 0.6) is 0 Å². The van der Waals surface area contributed by atoms with E-state index in [0.717, 1.165) is 65.1 Å².